The van der Waals surface area contributed by atoms with Crippen molar-refractivity contribution < 1.29 is 18.0 Å². The standard InChI is InChI=1S/C23H21ClF3N3O/c24-15-5-3-4-14(12-15)22(31)29-17-10-8-16(9-11-17)28-20-13-21(23(25,26)27)30-19-7-2-1-6-18(19)20/h1-7,12-13,16-17H,8-11H2,(H,28,30)(H,29,31)/t16-,17+. The Balaban J connectivity index is 1.42. The Bertz CT molecular complexity index is 1090. The van der Waals surface area contributed by atoms with Gasteiger partial charge < -0.3 is 10.6 Å². The molecule has 2 N–H and O–H groups in total. The first kappa shape index (κ1) is 21.4. The number of aromatic nitrogens is 1. The van der Waals surface area contributed by atoms with Crippen LogP contribution in [0.4, 0.5) is 18.9 Å². The fraction of sp³-hybridized carbons (Fsp3) is 0.304. The van der Waals surface area contributed by atoms with Gasteiger partial charge in [-0.05, 0) is 56.0 Å². The van der Waals surface area contributed by atoms with Crippen LogP contribution in [0.5, 0.6) is 0 Å². The maximum atomic E-state index is 13.3. The van der Waals surface area contributed by atoms with Crippen molar-refractivity contribution >= 4 is 34.1 Å². The number of carbonyl (C=O) groups is 1. The zero-order valence-corrected chi connectivity index (χ0v) is 17.3. The molecule has 1 heterocycles. The van der Waals surface area contributed by atoms with Gasteiger partial charge in [0.05, 0.1) is 5.52 Å². The van der Waals surface area contributed by atoms with Gasteiger partial charge in [0.2, 0.25) is 0 Å². The Hall–Kier alpha value is -2.80. The number of nitrogens with one attached hydrogen (secondary N) is 2. The lowest BCUT2D eigenvalue weighted by molar-refractivity contribution is -0.140. The number of hydrogen-bond donors (Lipinski definition) is 2. The van der Waals surface area contributed by atoms with Crippen molar-refractivity contribution in [1.29, 1.82) is 0 Å². The van der Waals surface area contributed by atoms with Gasteiger partial charge in [-0.2, -0.15) is 13.2 Å². The Morgan fingerprint density at radius 2 is 1.68 bits per heavy atom. The van der Waals surface area contributed by atoms with E-state index in [0.717, 1.165) is 31.7 Å². The second-order valence-electron chi connectivity index (χ2n) is 7.75. The minimum absolute atomic E-state index is 0.0180. The van der Waals surface area contributed by atoms with Crippen LogP contribution in [-0.2, 0) is 6.18 Å². The molecule has 0 saturated heterocycles. The van der Waals surface area contributed by atoms with Gasteiger partial charge in [0, 0.05) is 33.7 Å². The minimum atomic E-state index is -4.51. The summed E-state index contributed by atoms with van der Waals surface area (Å²) in [5, 5.41) is 7.46. The summed E-state index contributed by atoms with van der Waals surface area (Å²) in [6.45, 7) is 0. The minimum Gasteiger partial charge on any atom is -0.382 e. The molecule has 1 aromatic heterocycles. The molecule has 1 saturated carbocycles. The van der Waals surface area contributed by atoms with Gasteiger partial charge >= 0.3 is 6.18 Å². The average molecular weight is 448 g/mol. The van der Waals surface area contributed by atoms with Crippen molar-refractivity contribution in [3.05, 3.63) is 70.9 Å². The number of para-hydroxylation sites is 1. The third kappa shape index (κ3) is 5.10. The smallest absolute Gasteiger partial charge is 0.382 e. The molecule has 0 unspecified atom stereocenters. The number of anilines is 1. The largest absolute Gasteiger partial charge is 0.433 e. The highest BCUT2D eigenvalue weighted by Gasteiger charge is 2.33. The van der Waals surface area contributed by atoms with E-state index in [2.05, 4.69) is 15.6 Å². The number of amides is 1. The quantitative estimate of drug-likeness (QED) is 0.511. The van der Waals surface area contributed by atoms with E-state index in [1.165, 1.54) is 0 Å². The fourth-order valence-electron chi connectivity index (χ4n) is 3.94. The SMILES string of the molecule is O=C(N[C@H]1CC[C@@H](Nc2cc(C(F)(F)F)nc3ccccc23)CC1)c1cccc(Cl)c1. The Labute approximate surface area is 182 Å². The molecule has 0 aliphatic heterocycles. The number of halogens is 4. The number of carbonyl (C=O) groups excluding carboxylic acids is 1. The highest BCUT2D eigenvalue weighted by Crippen LogP contribution is 2.34. The third-order valence-electron chi connectivity index (χ3n) is 5.52. The van der Waals surface area contributed by atoms with Crippen LogP contribution in [0.2, 0.25) is 5.02 Å². The van der Waals surface area contributed by atoms with Gasteiger partial charge in [0.25, 0.3) is 5.91 Å². The number of alkyl halides is 3. The average Bonchev–Trinajstić information content (AvgIpc) is 2.74. The Morgan fingerprint density at radius 3 is 2.39 bits per heavy atom. The summed E-state index contributed by atoms with van der Waals surface area (Å²) < 4.78 is 39.8. The van der Waals surface area contributed by atoms with Crippen LogP contribution in [0, 0.1) is 0 Å². The van der Waals surface area contributed by atoms with Crippen molar-refractivity contribution in [2.24, 2.45) is 0 Å². The summed E-state index contributed by atoms with van der Waals surface area (Å²) >= 11 is 5.95. The highest BCUT2D eigenvalue weighted by molar-refractivity contribution is 6.30. The summed E-state index contributed by atoms with van der Waals surface area (Å²) in [6.07, 6.45) is -1.57. The molecule has 2 aromatic carbocycles. The number of hydrogen-bond acceptors (Lipinski definition) is 3. The third-order valence-corrected chi connectivity index (χ3v) is 5.75. The first-order valence-electron chi connectivity index (χ1n) is 10.1. The Kier molecular flexibility index (Phi) is 6.05. The molecule has 162 valence electrons. The molecule has 1 aliphatic carbocycles. The summed E-state index contributed by atoms with van der Waals surface area (Å²) in [7, 11) is 0. The molecule has 0 bridgehead atoms. The van der Waals surface area contributed by atoms with Crippen LogP contribution in [0.15, 0.2) is 54.6 Å². The van der Waals surface area contributed by atoms with E-state index < -0.39 is 11.9 Å². The summed E-state index contributed by atoms with van der Waals surface area (Å²) in [4.78, 5) is 16.2. The molecular weight excluding hydrogens is 427 g/mol. The van der Waals surface area contributed by atoms with Crippen molar-refractivity contribution in [2.45, 2.75) is 43.9 Å². The molecule has 4 rings (SSSR count). The molecular formula is C23H21ClF3N3O. The topological polar surface area (TPSA) is 54.0 Å². The van der Waals surface area contributed by atoms with Gasteiger partial charge in [0.1, 0.15) is 5.69 Å². The second kappa shape index (κ2) is 8.75. The summed E-state index contributed by atoms with van der Waals surface area (Å²) in [6, 6.07) is 14.7. The lowest BCUT2D eigenvalue weighted by atomic mass is 9.90. The van der Waals surface area contributed by atoms with E-state index in [0.29, 0.717) is 27.2 Å². The first-order valence-corrected chi connectivity index (χ1v) is 10.5. The van der Waals surface area contributed by atoms with Crippen molar-refractivity contribution in [3.63, 3.8) is 0 Å². The lowest BCUT2D eigenvalue weighted by Crippen LogP contribution is -2.40. The van der Waals surface area contributed by atoms with Crippen molar-refractivity contribution in [2.75, 3.05) is 5.32 Å². The molecule has 3 aromatic rings. The van der Waals surface area contributed by atoms with Gasteiger partial charge in [-0.25, -0.2) is 4.98 Å². The van der Waals surface area contributed by atoms with Crippen LogP contribution in [0.3, 0.4) is 0 Å². The predicted octanol–water partition coefficient (Wildman–Crippen LogP) is 6.06. The highest BCUT2D eigenvalue weighted by atomic mass is 35.5. The first-order chi connectivity index (χ1) is 14.8. The summed E-state index contributed by atoms with van der Waals surface area (Å²) in [5.74, 6) is -0.172. The van der Waals surface area contributed by atoms with Crippen LogP contribution in [-0.4, -0.2) is 23.0 Å². The van der Waals surface area contributed by atoms with E-state index in [1.807, 2.05) is 0 Å². The molecule has 31 heavy (non-hydrogen) atoms. The molecule has 1 fully saturated rings. The maximum absolute atomic E-state index is 13.3. The normalized spacial score (nSPS) is 19.2. The van der Waals surface area contributed by atoms with Crippen LogP contribution >= 0.6 is 11.6 Å². The van der Waals surface area contributed by atoms with Gasteiger partial charge in [-0.3, -0.25) is 4.79 Å². The zero-order valence-electron chi connectivity index (χ0n) is 16.5. The molecule has 1 aliphatic rings. The lowest BCUT2D eigenvalue weighted by Gasteiger charge is -2.30. The Morgan fingerprint density at radius 1 is 0.968 bits per heavy atom. The summed E-state index contributed by atoms with van der Waals surface area (Å²) in [5.41, 5.74) is 0.346. The van der Waals surface area contributed by atoms with E-state index in [1.54, 1.807) is 48.5 Å². The molecule has 1 amide bonds. The maximum Gasteiger partial charge on any atom is 0.433 e. The molecule has 0 atom stereocenters. The number of pyridine rings is 1. The number of benzene rings is 2. The van der Waals surface area contributed by atoms with E-state index in [9.17, 15) is 18.0 Å². The zero-order chi connectivity index (χ0) is 22.0. The van der Waals surface area contributed by atoms with Crippen LogP contribution < -0.4 is 10.6 Å². The molecule has 0 radical (unpaired) electrons. The van der Waals surface area contributed by atoms with Crippen molar-refractivity contribution in [1.82, 2.24) is 10.3 Å². The number of nitrogens with zero attached hydrogens (tertiary/aromatic N) is 1. The second-order valence-corrected chi connectivity index (χ2v) is 8.18. The van der Waals surface area contributed by atoms with Crippen LogP contribution in [0.25, 0.3) is 10.9 Å². The van der Waals surface area contributed by atoms with Gasteiger partial charge in [-0.1, -0.05) is 35.9 Å². The van der Waals surface area contributed by atoms with E-state index in [4.69, 9.17) is 11.6 Å². The molecule has 8 heteroatoms. The van der Waals surface area contributed by atoms with E-state index >= 15 is 0 Å². The van der Waals surface area contributed by atoms with Crippen LogP contribution in [0.1, 0.15) is 41.7 Å². The predicted molar refractivity (Wildman–Crippen MR) is 115 cm³/mol. The van der Waals surface area contributed by atoms with Gasteiger partial charge in [0.15, 0.2) is 0 Å². The fourth-order valence-corrected chi connectivity index (χ4v) is 4.13. The molecule has 4 nitrogen and oxygen atoms in total. The van der Waals surface area contributed by atoms with E-state index in [-0.39, 0.29) is 18.0 Å². The molecule has 0 spiro atoms. The number of fused-ring (bicyclic) bond motifs is 1. The number of rotatable bonds is 4. The van der Waals surface area contributed by atoms with Gasteiger partial charge in [-0.15, -0.1) is 0 Å². The monoisotopic (exact) mass is 447 g/mol. The van der Waals surface area contributed by atoms with Crippen molar-refractivity contribution in [3.8, 4) is 0 Å².